The Labute approximate surface area is 91.2 Å². The van der Waals surface area contributed by atoms with E-state index in [-0.39, 0.29) is 6.42 Å². The maximum atomic E-state index is 13.1. The normalized spacial score (nSPS) is 10.5. The standard InChI is InChI=1S/C9H5BrF4O/c1-2-3(15)4-6(11)8(13)5(10)9(14)7(4)12/h2H2,1H3. The van der Waals surface area contributed by atoms with Crippen LogP contribution >= 0.6 is 15.9 Å². The van der Waals surface area contributed by atoms with Gasteiger partial charge in [0, 0.05) is 6.42 Å². The van der Waals surface area contributed by atoms with Crippen molar-refractivity contribution in [3.05, 3.63) is 33.3 Å². The molecule has 0 spiro atoms. The first-order valence-electron chi connectivity index (χ1n) is 3.96. The Kier molecular flexibility index (Phi) is 3.49. The second-order valence-corrected chi connectivity index (χ2v) is 3.51. The molecule has 0 aliphatic rings. The molecular weight excluding hydrogens is 280 g/mol. The van der Waals surface area contributed by atoms with Gasteiger partial charge in [-0.2, -0.15) is 0 Å². The molecule has 0 amide bonds. The summed E-state index contributed by atoms with van der Waals surface area (Å²) >= 11 is 2.34. The van der Waals surface area contributed by atoms with Gasteiger partial charge < -0.3 is 0 Å². The summed E-state index contributed by atoms with van der Waals surface area (Å²) in [5.41, 5.74) is -1.17. The van der Waals surface area contributed by atoms with Gasteiger partial charge in [0.1, 0.15) is 0 Å². The average Bonchev–Trinajstić information content (AvgIpc) is 2.23. The molecule has 15 heavy (non-hydrogen) atoms. The Hall–Kier alpha value is -0.910. The number of hydrogen-bond acceptors (Lipinski definition) is 1. The fourth-order valence-electron chi connectivity index (χ4n) is 1.03. The van der Waals surface area contributed by atoms with Crippen LogP contribution in [-0.4, -0.2) is 5.78 Å². The van der Waals surface area contributed by atoms with Crippen LogP contribution in [0.25, 0.3) is 0 Å². The minimum absolute atomic E-state index is 0.242. The highest BCUT2D eigenvalue weighted by Gasteiger charge is 2.27. The van der Waals surface area contributed by atoms with Gasteiger partial charge in [-0.25, -0.2) is 17.6 Å². The van der Waals surface area contributed by atoms with E-state index in [0.29, 0.717) is 0 Å². The summed E-state index contributed by atoms with van der Waals surface area (Å²) in [5, 5.41) is 0. The molecule has 0 heterocycles. The smallest absolute Gasteiger partial charge is 0.176 e. The van der Waals surface area contributed by atoms with Crippen molar-refractivity contribution in [1.82, 2.24) is 0 Å². The van der Waals surface area contributed by atoms with Crippen molar-refractivity contribution in [2.45, 2.75) is 13.3 Å². The summed E-state index contributed by atoms with van der Waals surface area (Å²) in [7, 11) is 0. The molecule has 1 aromatic carbocycles. The molecular formula is C9H5BrF4O. The Bertz CT molecular complexity index is 402. The molecule has 0 aromatic heterocycles. The summed E-state index contributed by atoms with van der Waals surface area (Å²) in [5.74, 6) is -7.55. The van der Waals surface area contributed by atoms with E-state index < -0.39 is 39.1 Å². The fourth-order valence-corrected chi connectivity index (χ4v) is 1.37. The lowest BCUT2D eigenvalue weighted by atomic mass is 10.1. The van der Waals surface area contributed by atoms with E-state index in [1.807, 2.05) is 0 Å². The SMILES string of the molecule is CCC(=O)c1c(F)c(F)c(Br)c(F)c1F. The topological polar surface area (TPSA) is 17.1 Å². The highest BCUT2D eigenvalue weighted by molar-refractivity contribution is 9.10. The number of halogens is 5. The third-order valence-corrected chi connectivity index (χ3v) is 2.51. The van der Waals surface area contributed by atoms with Gasteiger partial charge in [0.15, 0.2) is 29.1 Å². The molecule has 0 saturated carbocycles. The summed E-state index contributed by atoms with van der Waals surface area (Å²) in [4.78, 5) is 11.0. The first-order valence-corrected chi connectivity index (χ1v) is 4.75. The molecule has 0 radical (unpaired) electrons. The fraction of sp³-hybridized carbons (Fsp3) is 0.222. The van der Waals surface area contributed by atoms with Gasteiger partial charge >= 0.3 is 0 Å². The molecule has 0 unspecified atom stereocenters. The Balaban J connectivity index is 3.60. The lowest BCUT2D eigenvalue weighted by Gasteiger charge is -2.06. The Morgan fingerprint density at radius 2 is 1.47 bits per heavy atom. The van der Waals surface area contributed by atoms with E-state index in [2.05, 4.69) is 15.9 Å². The number of benzene rings is 1. The number of carbonyl (C=O) groups is 1. The predicted molar refractivity (Wildman–Crippen MR) is 48.6 cm³/mol. The Morgan fingerprint density at radius 1 is 1.07 bits per heavy atom. The monoisotopic (exact) mass is 284 g/mol. The van der Waals surface area contributed by atoms with Crippen LogP contribution < -0.4 is 0 Å². The third kappa shape index (κ3) is 1.90. The maximum Gasteiger partial charge on any atom is 0.176 e. The van der Waals surface area contributed by atoms with Crippen LogP contribution in [0.4, 0.5) is 17.6 Å². The van der Waals surface area contributed by atoms with Crippen molar-refractivity contribution in [2.24, 2.45) is 0 Å². The van der Waals surface area contributed by atoms with E-state index in [4.69, 9.17) is 0 Å². The van der Waals surface area contributed by atoms with Crippen molar-refractivity contribution in [1.29, 1.82) is 0 Å². The minimum atomic E-state index is -1.67. The van der Waals surface area contributed by atoms with E-state index in [0.717, 1.165) is 0 Å². The Morgan fingerprint density at radius 3 is 1.80 bits per heavy atom. The number of ketones is 1. The molecule has 0 aliphatic heterocycles. The number of rotatable bonds is 2. The lowest BCUT2D eigenvalue weighted by Crippen LogP contribution is -2.10. The molecule has 1 nitrogen and oxygen atoms in total. The van der Waals surface area contributed by atoms with Crippen LogP contribution in [0.5, 0.6) is 0 Å². The van der Waals surface area contributed by atoms with Gasteiger partial charge in [-0.3, -0.25) is 4.79 Å². The molecule has 82 valence electrons. The van der Waals surface area contributed by atoms with Crippen LogP contribution in [-0.2, 0) is 0 Å². The van der Waals surface area contributed by atoms with Crippen LogP contribution in [0.15, 0.2) is 4.47 Å². The average molecular weight is 285 g/mol. The second kappa shape index (κ2) is 4.30. The van der Waals surface area contributed by atoms with Crippen molar-refractivity contribution in [3.63, 3.8) is 0 Å². The molecule has 1 aromatic rings. The van der Waals surface area contributed by atoms with Gasteiger partial charge in [-0.1, -0.05) is 6.92 Å². The number of carbonyl (C=O) groups excluding carboxylic acids is 1. The van der Waals surface area contributed by atoms with Crippen molar-refractivity contribution < 1.29 is 22.4 Å². The highest BCUT2D eigenvalue weighted by atomic mass is 79.9. The van der Waals surface area contributed by atoms with E-state index >= 15 is 0 Å². The van der Waals surface area contributed by atoms with Crippen LogP contribution in [0.1, 0.15) is 23.7 Å². The van der Waals surface area contributed by atoms with Crippen LogP contribution in [0.2, 0.25) is 0 Å². The molecule has 0 aliphatic carbocycles. The summed E-state index contributed by atoms with van der Waals surface area (Å²) < 4.78 is 51.2. The molecule has 0 saturated heterocycles. The molecule has 0 N–H and O–H groups in total. The van der Waals surface area contributed by atoms with Crippen LogP contribution in [0.3, 0.4) is 0 Å². The quantitative estimate of drug-likeness (QED) is 0.351. The first-order chi connectivity index (χ1) is 6.91. The number of hydrogen-bond donors (Lipinski definition) is 0. The van der Waals surface area contributed by atoms with E-state index in [1.165, 1.54) is 6.92 Å². The third-order valence-electron chi connectivity index (χ3n) is 1.81. The maximum absolute atomic E-state index is 13.1. The predicted octanol–water partition coefficient (Wildman–Crippen LogP) is 3.60. The highest BCUT2D eigenvalue weighted by Crippen LogP contribution is 2.28. The zero-order valence-electron chi connectivity index (χ0n) is 7.51. The summed E-state index contributed by atoms with van der Waals surface area (Å²) in [6, 6.07) is 0. The molecule has 0 atom stereocenters. The summed E-state index contributed by atoms with van der Waals surface area (Å²) in [6.45, 7) is 1.33. The first kappa shape index (κ1) is 12.2. The van der Waals surface area contributed by atoms with Gasteiger partial charge in [-0.15, -0.1) is 0 Å². The summed E-state index contributed by atoms with van der Waals surface area (Å²) in [6.07, 6.45) is -0.242. The van der Waals surface area contributed by atoms with Crippen LogP contribution in [0, 0.1) is 23.3 Å². The van der Waals surface area contributed by atoms with Crippen molar-refractivity contribution >= 4 is 21.7 Å². The lowest BCUT2D eigenvalue weighted by molar-refractivity contribution is 0.0977. The van der Waals surface area contributed by atoms with Gasteiger partial charge in [0.2, 0.25) is 0 Å². The second-order valence-electron chi connectivity index (χ2n) is 2.72. The van der Waals surface area contributed by atoms with E-state index in [1.54, 1.807) is 0 Å². The van der Waals surface area contributed by atoms with Crippen molar-refractivity contribution in [2.75, 3.05) is 0 Å². The largest absolute Gasteiger partial charge is 0.294 e. The molecule has 6 heteroatoms. The zero-order chi connectivity index (χ0) is 11.7. The molecule has 1 rings (SSSR count). The van der Waals surface area contributed by atoms with Crippen molar-refractivity contribution in [3.8, 4) is 0 Å². The van der Waals surface area contributed by atoms with Gasteiger partial charge in [-0.05, 0) is 15.9 Å². The minimum Gasteiger partial charge on any atom is -0.294 e. The van der Waals surface area contributed by atoms with Gasteiger partial charge in [0.05, 0.1) is 10.0 Å². The van der Waals surface area contributed by atoms with Gasteiger partial charge in [0.25, 0.3) is 0 Å². The molecule has 0 fully saturated rings. The number of Topliss-reactive ketones (excluding diaryl/α,β-unsaturated/α-hetero) is 1. The zero-order valence-corrected chi connectivity index (χ0v) is 9.09. The van der Waals surface area contributed by atoms with E-state index in [9.17, 15) is 22.4 Å². The molecule has 0 bridgehead atoms.